The maximum Gasteiger partial charge on any atom is 0.339 e. The minimum atomic E-state index is -0.410. The molecule has 0 aliphatic heterocycles. The standard InChI is InChI=1S/C9H10N4O2/c1-2-15-9(14)5-3-6-7(10)12-13-8(6)11-4-5/h3-4H,2H2,1H3,(H3,10,11,12,13). The Morgan fingerprint density at radius 2 is 2.47 bits per heavy atom. The maximum atomic E-state index is 11.4. The number of aromatic nitrogens is 3. The molecule has 0 saturated carbocycles. The lowest BCUT2D eigenvalue weighted by Crippen LogP contribution is -2.04. The molecule has 6 nitrogen and oxygen atoms in total. The molecule has 0 saturated heterocycles. The van der Waals surface area contributed by atoms with Crippen molar-refractivity contribution in [2.24, 2.45) is 0 Å². The summed E-state index contributed by atoms with van der Waals surface area (Å²) in [5.41, 5.74) is 6.47. The maximum absolute atomic E-state index is 11.4. The zero-order valence-corrected chi connectivity index (χ0v) is 8.15. The van der Waals surface area contributed by atoms with Crippen molar-refractivity contribution in [3.8, 4) is 0 Å². The van der Waals surface area contributed by atoms with Crippen LogP contribution < -0.4 is 5.73 Å². The Balaban J connectivity index is 2.45. The second kappa shape index (κ2) is 3.56. The Hall–Kier alpha value is -2.11. The molecule has 2 rings (SSSR count). The first-order valence-electron chi connectivity index (χ1n) is 4.49. The molecule has 0 aromatic carbocycles. The number of anilines is 1. The van der Waals surface area contributed by atoms with Crippen LogP contribution in [0.2, 0.25) is 0 Å². The molecule has 0 atom stereocenters. The third-order valence-electron chi connectivity index (χ3n) is 1.95. The lowest BCUT2D eigenvalue weighted by Gasteiger charge is -2.00. The molecule has 0 fully saturated rings. The molecule has 0 bridgehead atoms. The van der Waals surface area contributed by atoms with Crippen LogP contribution in [0.1, 0.15) is 17.3 Å². The summed E-state index contributed by atoms with van der Waals surface area (Å²) in [7, 11) is 0. The zero-order valence-electron chi connectivity index (χ0n) is 8.15. The summed E-state index contributed by atoms with van der Waals surface area (Å²) in [6, 6.07) is 1.61. The first-order chi connectivity index (χ1) is 7.22. The molecule has 0 radical (unpaired) electrons. The first kappa shape index (κ1) is 9.45. The molecule has 78 valence electrons. The predicted molar refractivity (Wildman–Crippen MR) is 54.3 cm³/mol. The van der Waals surface area contributed by atoms with Gasteiger partial charge in [-0.3, -0.25) is 5.10 Å². The van der Waals surface area contributed by atoms with Gasteiger partial charge >= 0.3 is 5.97 Å². The van der Waals surface area contributed by atoms with Crippen LogP contribution in [-0.2, 0) is 4.74 Å². The summed E-state index contributed by atoms with van der Waals surface area (Å²) in [5, 5.41) is 7.06. The van der Waals surface area contributed by atoms with Crippen LogP contribution in [0.25, 0.3) is 11.0 Å². The van der Waals surface area contributed by atoms with E-state index in [1.54, 1.807) is 13.0 Å². The van der Waals surface area contributed by atoms with E-state index in [-0.39, 0.29) is 0 Å². The highest BCUT2D eigenvalue weighted by atomic mass is 16.5. The van der Waals surface area contributed by atoms with E-state index < -0.39 is 5.97 Å². The van der Waals surface area contributed by atoms with Gasteiger partial charge in [-0.15, -0.1) is 0 Å². The van der Waals surface area contributed by atoms with Crippen LogP contribution in [-0.4, -0.2) is 27.8 Å². The number of carbonyl (C=O) groups excluding carboxylic acids is 1. The monoisotopic (exact) mass is 206 g/mol. The molecule has 15 heavy (non-hydrogen) atoms. The Kier molecular flexibility index (Phi) is 2.24. The van der Waals surface area contributed by atoms with Crippen LogP contribution in [0, 0.1) is 0 Å². The summed E-state index contributed by atoms with van der Waals surface area (Å²) in [5.74, 6) is -0.0175. The van der Waals surface area contributed by atoms with Gasteiger partial charge < -0.3 is 10.5 Å². The van der Waals surface area contributed by atoms with Gasteiger partial charge in [0.05, 0.1) is 17.6 Å². The molecule has 2 aromatic rings. The number of hydrogen-bond donors (Lipinski definition) is 2. The number of fused-ring (bicyclic) bond motifs is 1. The van der Waals surface area contributed by atoms with Crippen molar-refractivity contribution in [2.45, 2.75) is 6.92 Å². The van der Waals surface area contributed by atoms with Crippen LogP contribution >= 0.6 is 0 Å². The van der Waals surface area contributed by atoms with Gasteiger partial charge in [0.25, 0.3) is 0 Å². The van der Waals surface area contributed by atoms with Crippen molar-refractivity contribution < 1.29 is 9.53 Å². The number of aromatic amines is 1. The van der Waals surface area contributed by atoms with E-state index >= 15 is 0 Å². The lowest BCUT2D eigenvalue weighted by atomic mass is 10.2. The van der Waals surface area contributed by atoms with E-state index in [0.717, 1.165) is 0 Å². The summed E-state index contributed by atoms with van der Waals surface area (Å²) in [6.45, 7) is 2.08. The van der Waals surface area contributed by atoms with Gasteiger partial charge in [-0.25, -0.2) is 9.78 Å². The average molecular weight is 206 g/mol. The second-order valence-corrected chi connectivity index (χ2v) is 2.95. The number of nitrogens with two attached hydrogens (primary N) is 1. The normalized spacial score (nSPS) is 10.5. The number of nitrogens with one attached hydrogen (secondary N) is 1. The first-order valence-corrected chi connectivity index (χ1v) is 4.49. The molecule has 2 heterocycles. The fourth-order valence-corrected chi connectivity index (χ4v) is 1.24. The summed E-state index contributed by atoms with van der Waals surface area (Å²) < 4.78 is 4.84. The van der Waals surface area contributed by atoms with Gasteiger partial charge in [-0.1, -0.05) is 0 Å². The Bertz CT molecular complexity index is 506. The van der Waals surface area contributed by atoms with Crippen LogP contribution in [0.3, 0.4) is 0 Å². The van der Waals surface area contributed by atoms with Crippen LogP contribution in [0.15, 0.2) is 12.3 Å². The number of carbonyl (C=O) groups is 1. The third-order valence-corrected chi connectivity index (χ3v) is 1.95. The van der Waals surface area contributed by atoms with Crippen molar-refractivity contribution in [3.63, 3.8) is 0 Å². The highest BCUT2D eigenvalue weighted by Gasteiger charge is 2.10. The fraction of sp³-hybridized carbons (Fsp3) is 0.222. The number of H-pyrrole nitrogens is 1. The van der Waals surface area contributed by atoms with Crippen molar-refractivity contribution in [1.82, 2.24) is 15.2 Å². The lowest BCUT2D eigenvalue weighted by molar-refractivity contribution is 0.0526. The Labute approximate surface area is 85.4 Å². The minimum absolute atomic E-state index is 0.331. The number of esters is 1. The molecule has 0 spiro atoms. The molecule has 0 aliphatic rings. The topological polar surface area (TPSA) is 93.9 Å². The molecular weight excluding hydrogens is 196 g/mol. The summed E-state index contributed by atoms with van der Waals surface area (Å²) in [6.07, 6.45) is 1.42. The van der Waals surface area contributed by atoms with E-state index in [0.29, 0.717) is 29.0 Å². The second-order valence-electron chi connectivity index (χ2n) is 2.95. The smallest absolute Gasteiger partial charge is 0.339 e. The van der Waals surface area contributed by atoms with Crippen molar-refractivity contribution >= 4 is 22.8 Å². The SMILES string of the molecule is CCOC(=O)c1cnc2n[nH]c(N)c2c1. The Morgan fingerprint density at radius 1 is 1.67 bits per heavy atom. The summed E-state index contributed by atoms with van der Waals surface area (Å²) >= 11 is 0. The third kappa shape index (κ3) is 1.61. The van der Waals surface area contributed by atoms with E-state index in [9.17, 15) is 4.79 Å². The number of nitrogens with zero attached hydrogens (tertiary/aromatic N) is 2. The molecule has 0 unspecified atom stereocenters. The average Bonchev–Trinajstić information content (AvgIpc) is 2.60. The van der Waals surface area contributed by atoms with Crippen LogP contribution in [0.5, 0.6) is 0 Å². The molecule has 2 aromatic heterocycles. The van der Waals surface area contributed by atoms with Crippen molar-refractivity contribution in [3.05, 3.63) is 17.8 Å². The largest absolute Gasteiger partial charge is 0.462 e. The van der Waals surface area contributed by atoms with Gasteiger partial charge in [0.1, 0.15) is 5.82 Å². The number of hydrogen-bond acceptors (Lipinski definition) is 5. The van der Waals surface area contributed by atoms with Crippen molar-refractivity contribution in [1.29, 1.82) is 0 Å². The number of rotatable bonds is 2. The van der Waals surface area contributed by atoms with Crippen LogP contribution in [0.4, 0.5) is 5.82 Å². The van der Waals surface area contributed by atoms with Gasteiger partial charge in [0, 0.05) is 6.20 Å². The number of ether oxygens (including phenoxy) is 1. The van der Waals surface area contributed by atoms with Gasteiger partial charge in [-0.2, -0.15) is 5.10 Å². The van der Waals surface area contributed by atoms with E-state index in [1.807, 2.05) is 0 Å². The van der Waals surface area contributed by atoms with Gasteiger partial charge in [0.2, 0.25) is 0 Å². The molecule has 6 heteroatoms. The van der Waals surface area contributed by atoms with E-state index in [4.69, 9.17) is 10.5 Å². The van der Waals surface area contributed by atoms with E-state index in [1.165, 1.54) is 6.20 Å². The predicted octanol–water partition coefficient (Wildman–Crippen LogP) is 0.717. The molecule has 0 aliphatic carbocycles. The summed E-state index contributed by atoms with van der Waals surface area (Å²) in [4.78, 5) is 15.4. The molecule has 0 amide bonds. The van der Waals surface area contributed by atoms with Gasteiger partial charge in [0.15, 0.2) is 5.65 Å². The molecule has 3 N–H and O–H groups in total. The Morgan fingerprint density at radius 3 is 3.20 bits per heavy atom. The molecular formula is C9H10N4O2. The highest BCUT2D eigenvalue weighted by Crippen LogP contribution is 2.17. The quantitative estimate of drug-likeness (QED) is 0.706. The fourth-order valence-electron chi connectivity index (χ4n) is 1.24. The highest BCUT2D eigenvalue weighted by molar-refractivity contribution is 5.95. The number of nitrogen functional groups attached to an aromatic ring is 1. The van der Waals surface area contributed by atoms with Crippen molar-refractivity contribution in [2.75, 3.05) is 12.3 Å². The minimum Gasteiger partial charge on any atom is -0.462 e. The zero-order chi connectivity index (χ0) is 10.8. The van der Waals surface area contributed by atoms with E-state index in [2.05, 4.69) is 15.2 Å². The number of pyridine rings is 1. The van der Waals surface area contributed by atoms with Gasteiger partial charge in [-0.05, 0) is 13.0 Å².